The summed E-state index contributed by atoms with van der Waals surface area (Å²) in [6, 6.07) is 14.9. The van der Waals surface area contributed by atoms with Crippen LogP contribution < -0.4 is 10.6 Å². The predicted molar refractivity (Wildman–Crippen MR) is 353 cm³/mol. The predicted octanol–water partition coefficient (Wildman–Crippen LogP) is 12.9. The van der Waals surface area contributed by atoms with Gasteiger partial charge < -0.3 is 53.8 Å². The van der Waals surface area contributed by atoms with E-state index in [4.69, 9.17) is 28.4 Å². The molecule has 2 saturated carbocycles. The molecule has 1 saturated heterocycles. The third-order valence-electron chi connectivity index (χ3n) is 20.5. The van der Waals surface area contributed by atoms with Crippen LogP contribution >= 0.6 is 0 Å². The largest absolute Gasteiger partial charge is 0.455 e. The van der Waals surface area contributed by atoms with Gasteiger partial charge in [0.15, 0.2) is 5.60 Å². The molecule has 18 nitrogen and oxygen atoms in total. The molecule has 514 valence electrons. The number of rotatable bonds is 36. The molecule has 2 amide bonds. The lowest BCUT2D eigenvalue weighted by Crippen LogP contribution is -2.81. The first kappa shape index (κ1) is 75.3. The Balaban J connectivity index is 1.21. The topological polar surface area (TPSA) is 239 Å². The van der Waals surface area contributed by atoms with Crippen molar-refractivity contribution in [3.05, 3.63) is 82.9 Å². The number of carbonyl (C=O) groups is 7. The van der Waals surface area contributed by atoms with Crippen LogP contribution in [0, 0.1) is 22.7 Å². The second-order valence-corrected chi connectivity index (χ2v) is 29.0. The van der Waals surface area contributed by atoms with Crippen LogP contribution in [-0.2, 0) is 52.4 Å². The van der Waals surface area contributed by atoms with Crippen molar-refractivity contribution in [2.75, 3.05) is 39.8 Å². The van der Waals surface area contributed by atoms with Crippen molar-refractivity contribution in [1.29, 1.82) is 0 Å². The molecule has 2 aromatic carbocycles. The van der Waals surface area contributed by atoms with Crippen LogP contribution in [0.3, 0.4) is 0 Å². The normalized spacial score (nSPS) is 26.2. The lowest BCUT2D eigenvalue weighted by atomic mass is 9.43. The molecule has 3 aliphatic carbocycles. The van der Waals surface area contributed by atoms with E-state index in [1.54, 1.807) is 104 Å². The highest BCUT2D eigenvalue weighted by Gasteiger charge is 2.77. The number of ketones is 1. The molecular formula is C74H114N3O15+. The maximum Gasteiger partial charge on any atom is 0.408 e. The minimum Gasteiger partial charge on any atom is -0.455 e. The van der Waals surface area contributed by atoms with Gasteiger partial charge in [-0.1, -0.05) is 179 Å². The lowest BCUT2D eigenvalue weighted by molar-refractivity contribution is -0.908. The first-order valence-corrected chi connectivity index (χ1v) is 34.9. The molecule has 6 rings (SSSR count). The van der Waals surface area contributed by atoms with Crippen molar-refractivity contribution >= 4 is 41.7 Å². The Morgan fingerprint density at radius 3 is 1.82 bits per heavy atom. The number of quaternary nitrogens is 1. The number of nitrogens with zero attached hydrogens (tertiary/aromatic N) is 1. The number of hydrogen-bond donors (Lipinski definition) is 4. The minimum atomic E-state index is -2.30. The van der Waals surface area contributed by atoms with E-state index in [-0.39, 0.29) is 30.9 Å². The fourth-order valence-electron chi connectivity index (χ4n) is 15.2. The highest BCUT2D eigenvalue weighted by atomic mass is 16.6. The van der Waals surface area contributed by atoms with Gasteiger partial charge in [-0.15, -0.1) is 0 Å². The molecule has 0 aromatic heterocycles. The molecule has 3 fully saturated rings. The maximum atomic E-state index is 15.7. The minimum absolute atomic E-state index is 0.102. The molecule has 4 aliphatic rings. The third-order valence-corrected chi connectivity index (χ3v) is 20.5. The fraction of sp³-hybridized carbons (Fsp3) is 0.716. The molecule has 18 heteroatoms. The molecular weight excluding hydrogens is 1170 g/mol. The van der Waals surface area contributed by atoms with Gasteiger partial charge in [-0.2, -0.15) is 0 Å². The van der Waals surface area contributed by atoms with Crippen LogP contribution in [0.2, 0.25) is 0 Å². The van der Waals surface area contributed by atoms with Crippen LogP contribution in [-0.4, -0.2) is 144 Å². The summed E-state index contributed by atoms with van der Waals surface area (Å²) >= 11 is 0. The Morgan fingerprint density at radius 1 is 0.750 bits per heavy atom. The lowest BCUT2D eigenvalue weighted by Gasteiger charge is -2.67. The number of fused-ring (bicyclic) bond motifs is 5. The number of alkyl carbamates (subject to hydrolysis) is 1. The summed E-state index contributed by atoms with van der Waals surface area (Å²) < 4.78 is 37.9. The zero-order valence-corrected chi connectivity index (χ0v) is 57.8. The number of ether oxygens (including phenoxy) is 6. The Bertz CT molecular complexity index is 2780. The molecule has 4 N–H and O–H groups in total. The zero-order chi connectivity index (χ0) is 67.5. The third kappa shape index (κ3) is 19.0. The monoisotopic (exact) mass is 1280 g/mol. The van der Waals surface area contributed by atoms with Gasteiger partial charge in [-0.3, -0.25) is 19.2 Å². The Morgan fingerprint density at radius 2 is 1.28 bits per heavy atom. The summed E-state index contributed by atoms with van der Waals surface area (Å²) in [7, 11) is 2.26. The van der Waals surface area contributed by atoms with Crippen molar-refractivity contribution in [3.63, 3.8) is 0 Å². The average molecular weight is 1290 g/mol. The van der Waals surface area contributed by atoms with E-state index in [2.05, 4.69) is 31.5 Å². The van der Waals surface area contributed by atoms with Gasteiger partial charge in [0, 0.05) is 37.5 Å². The summed E-state index contributed by atoms with van der Waals surface area (Å²) in [5.41, 5.74) is -7.17. The summed E-state index contributed by atoms with van der Waals surface area (Å²) in [4.78, 5) is 101. The Labute approximate surface area is 549 Å². The summed E-state index contributed by atoms with van der Waals surface area (Å²) in [5, 5.41) is 32.0. The average Bonchev–Trinajstić information content (AvgIpc) is 0.672. The number of aliphatic hydroxyl groups is 2. The molecule has 2 unspecified atom stereocenters. The van der Waals surface area contributed by atoms with Crippen LogP contribution in [0.15, 0.2) is 71.8 Å². The Kier molecular flexibility index (Phi) is 27.9. The van der Waals surface area contributed by atoms with E-state index < -0.39 is 125 Å². The molecule has 2 aromatic rings. The molecule has 12 atom stereocenters. The molecule has 92 heavy (non-hydrogen) atoms. The van der Waals surface area contributed by atoms with Crippen LogP contribution in [0.25, 0.3) is 0 Å². The van der Waals surface area contributed by atoms with Gasteiger partial charge in [0.05, 0.1) is 69.3 Å². The van der Waals surface area contributed by atoms with Gasteiger partial charge in [0.2, 0.25) is 12.0 Å². The second-order valence-electron chi connectivity index (χ2n) is 29.0. The number of amides is 2. The van der Waals surface area contributed by atoms with E-state index in [0.717, 1.165) is 49.8 Å². The van der Waals surface area contributed by atoms with Crippen molar-refractivity contribution < 1.29 is 76.7 Å². The second kappa shape index (κ2) is 34.1. The van der Waals surface area contributed by atoms with Gasteiger partial charge >= 0.3 is 30.0 Å². The van der Waals surface area contributed by atoms with Gasteiger partial charge in [0.25, 0.3) is 0 Å². The number of benzene rings is 2. The van der Waals surface area contributed by atoms with Crippen LogP contribution in [0.4, 0.5) is 4.79 Å². The maximum absolute atomic E-state index is 15.7. The number of hydrogen-bond acceptors (Lipinski definition) is 15. The highest BCUT2D eigenvalue weighted by molar-refractivity contribution is 5.92. The number of carbonyl (C=O) groups excluding carboxylic acids is 7. The van der Waals surface area contributed by atoms with Crippen molar-refractivity contribution in [3.8, 4) is 0 Å². The van der Waals surface area contributed by atoms with E-state index in [9.17, 15) is 34.2 Å². The number of unbranched alkanes of at least 4 members (excludes halogenated alkanes) is 17. The smallest absolute Gasteiger partial charge is 0.408 e. The SMILES string of the molecule is CCCCCCCCCCCCCCCCCC[N+](C)(CCCCC)CCNC(=O)CCC(=O)OC(C(=O)O[C@H]1C[C@@]2(O)[C@@H](OC(=O)c3ccccc3)[C@@H]3[C@]4(OC(C)=O)CO[C@@H]4C[C@H](O)[C@@]3(C)C(=O)[C@H](C)C(=C1C)C2(C)C)[C@@H](NC(=O)OC(C)(C)C)c1ccccc1. The molecule has 1 heterocycles. The van der Waals surface area contributed by atoms with Crippen LogP contribution in [0.1, 0.15) is 246 Å². The first-order valence-electron chi connectivity index (χ1n) is 34.9. The molecule has 0 radical (unpaired) electrons. The van der Waals surface area contributed by atoms with E-state index >= 15 is 9.59 Å². The summed E-state index contributed by atoms with van der Waals surface area (Å²) in [6.45, 7) is 21.8. The van der Waals surface area contributed by atoms with Gasteiger partial charge in [-0.05, 0) is 89.1 Å². The van der Waals surface area contributed by atoms with E-state index in [1.165, 1.54) is 115 Å². The number of aliphatic hydroxyl groups excluding tert-OH is 1. The van der Waals surface area contributed by atoms with Crippen molar-refractivity contribution in [2.24, 2.45) is 22.7 Å². The van der Waals surface area contributed by atoms with Gasteiger partial charge in [0.1, 0.15) is 41.3 Å². The molecule has 2 bridgehead atoms. The van der Waals surface area contributed by atoms with Crippen molar-refractivity contribution in [2.45, 2.75) is 277 Å². The van der Waals surface area contributed by atoms with Gasteiger partial charge in [-0.25, -0.2) is 14.4 Å². The van der Waals surface area contributed by atoms with Crippen LogP contribution in [0.5, 0.6) is 0 Å². The number of esters is 4. The van der Waals surface area contributed by atoms with E-state index in [0.29, 0.717) is 23.3 Å². The summed E-state index contributed by atoms with van der Waals surface area (Å²) in [5.74, 6) is -7.14. The molecule has 1 aliphatic heterocycles. The summed E-state index contributed by atoms with van der Waals surface area (Å²) in [6.07, 6.45) is 14.5. The fourth-order valence-corrected chi connectivity index (χ4v) is 15.2. The first-order chi connectivity index (χ1) is 43.6. The standard InChI is InChI=1S/C74H113N3O15/c1-13-15-17-18-19-20-21-22-23-24-25-26-27-28-29-37-46-77(12,45-36-16-14-2)47-44-75-59(80)42-43-60(81)89-63(62(54-38-32-30-33-39-54)76-69(85)92-70(6,7)8)68(84)88-56-49-74(86)66(90-67(83)55-40-34-31-35-41-55)64-72(11,65(82)52(4)61(51(56)3)71(74,9)10)57(79)48-58-73(64,50-87-58)91-53(5)78/h30-35,38-41,52,56-58,62-64,66,79,86H,13-29,36-37,42-50H2,1-12H3,(H-,75,76,80,85)/p+1/t52-,56+,57+,58-,62+,63?,64+,66+,72-,73+,74-,77?/m1/s1. The zero-order valence-electron chi connectivity index (χ0n) is 57.8. The van der Waals surface area contributed by atoms with Crippen molar-refractivity contribution in [1.82, 2.24) is 10.6 Å². The number of Topliss-reactive ketones (excluding diaryl/α,β-unsaturated/α-hetero) is 1. The number of likely N-dealkylation sites (N-methyl/N-ethyl adjacent to an activating group) is 1. The number of nitrogens with one attached hydrogen (secondary N) is 2. The highest BCUT2D eigenvalue weighted by Crippen LogP contribution is 2.65. The van der Waals surface area contributed by atoms with E-state index in [1.807, 2.05) is 0 Å². The quantitative estimate of drug-likeness (QED) is 0.0163. The Hall–Kier alpha value is -5.69. The molecule has 0 spiro atoms.